The average Bonchev–Trinajstić information content (AvgIpc) is 2.32. The quantitative estimate of drug-likeness (QED) is 0.735. The maximum Gasteiger partial charge on any atom is 0.252 e. The Labute approximate surface area is 129 Å². The number of benzene rings is 1. The summed E-state index contributed by atoms with van der Waals surface area (Å²) in [6, 6.07) is 5.82. The Hall–Kier alpha value is -0.0600. The normalized spacial score (nSPS) is 23.7. The molecule has 18 heavy (non-hydrogen) atoms. The first-order valence-corrected chi connectivity index (χ1v) is 7.98. The number of halogens is 3. The first kappa shape index (κ1) is 14.4. The molecule has 0 aliphatic heterocycles. The van der Waals surface area contributed by atoms with Crippen molar-refractivity contribution in [2.75, 3.05) is 0 Å². The lowest BCUT2D eigenvalue weighted by Gasteiger charge is -2.26. The molecule has 1 saturated carbocycles. The SMILES string of the molecule is O=C(NC1CCC(Cl)CC1)c1ccc(Br)cc1Br. The van der Waals surface area contributed by atoms with Crippen LogP contribution >= 0.6 is 43.5 Å². The predicted molar refractivity (Wildman–Crippen MR) is 81.2 cm³/mol. The number of hydrogen-bond donors (Lipinski definition) is 1. The van der Waals surface area contributed by atoms with Crippen LogP contribution in [0.2, 0.25) is 0 Å². The number of carbonyl (C=O) groups is 1. The fraction of sp³-hybridized carbons (Fsp3) is 0.462. The van der Waals surface area contributed by atoms with Gasteiger partial charge in [0, 0.05) is 20.4 Å². The Morgan fingerprint density at radius 1 is 1.22 bits per heavy atom. The highest BCUT2D eigenvalue weighted by atomic mass is 79.9. The number of alkyl halides is 1. The summed E-state index contributed by atoms with van der Waals surface area (Å²) < 4.78 is 1.76. The van der Waals surface area contributed by atoms with Crippen LogP contribution in [0.1, 0.15) is 36.0 Å². The van der Waals surface area contributed by atoms with Crippen molar-refractivity contribution in [1.29, 1.82) is 0 Å². The summed E-state index contributed by atoms with van der Waals surface area (Å²) in [7, 11) is 0. The van der Waals surface area contributed by atoms with E-state index in [-0.39, 0.29) is 17.3 Å². The van der Waals surface area contributed by atoms with Crippen molar-refractivity contribution in [3.63, 3.8) is 0 Å². The number of nitrogens with one attached hydrogen (secondary N) is 1. The molecule has 0 bridgehead atoms. The third-order valence-electron chi connectivity index (χ3n) is 3.17. The summed E-state index contributed by atoms with van der Waals surface area (Å²) >= 11 is 12.8. The second-order valence-electron chi connectivity index (χ2n) is 4.55. The van der Waals surface area contributed by atoms with Gasteiger partial charge in [0.25, 0.3) is 5.91 Å². The van der Waals surface area contributed by atoms with Gasteiger partial charge in [0.2, 0.25) is 0 Å². The highest BCUT2D eigenvalue weighted by molar-refractivity contribution is 9.11. The van der Waals surface area contributed by atoms with Crippen molar-refractivity contribution >= 4 is 49.4 Å². The van der Waals surface area contributed by atoms with Crippen LogP contribution in [0.4, 0.5) is 0 Å². The zero-order valence-electron chi connectivity index (χ0n) is 9.76. The van der Waals surface area contributed by atoms with E-state index < -0.39 is 0 Å². The maximum absolute atomic E-state index is 12.1. The van der Waals surface area contributed by atoms with Crippen LogP contribution in [0.25, 0.3) is 0 Å². The van der Waals surface area contributed by atoms with E-state index in [4.69, 9.17) is 11.6 Å². The van der Waals surface area contributed by atoms with Crippen LogP contribution in [-0.2, 0) is 0 Å². The molecule has 5 heteroatoms. The van der Waals surface area contributed by atoms with Gasteiger partial charge in [0.1, 0.15) is 0 Å². The summed E-state index contributed by atoms with van der Waals surface area (Å²) in [4.78, 5) is 12.1. The minimum Gasteiger partial charge on any atom is -0.349 e. The van der Waals surface area contributed by atoms with Gasteiger partial charge >= 0.3 is 0 Å². The molecule has 1 aliphatic rings. The molecule has 0 spiro atoms. The van der Waals surface area contributed by atoms with E-state index in [9.17, 15) is 4.79 Å². The summed E-state index contributed by atoms with van der Waals surface area (Å²) in [5, 5.41) is 3.35. The fourth-order valence-corrected chi connectivity index (χ4v) is 3.61. The number of carbonyl (C=O) groups excluding carboxylic acids is 1. The van der Waals surface area contributed by atoms with Crippen molar-refractivity contribution in [3.05, 3.63) is 32.7 Å². The summed E-state index contributed by atoms with van der Waals surface area (Å²) in [6.45, 7) is 0. The zero-order valence-corrected chi connectivity index (χ0v) is 13.7. The maximum atomic E-state index is 12.1. The molecule has 0 aromatic heterocycles. The minimum atomic E-state index is -0.0209. The highest BCUT2D eigenvalue weighted by Crippen LogP contribution is 2.25. The number of hydrogen-bond acceptors (Lipinski definition) is 1. The molecule has 0 unspecified atom stereocenters. The van der Waals surface area contributed by atoms with Crippen LogP contribution in [0.3, 0.4) is 0 Å². The van der Waals surface area contributed by atoms with Crippen molar-refractivity contribution < 1.29 is 4.79 Å². The molecule has 1 N–H and O–H groups in total. The molecule has 0 radical (unpaired) electrons. The van der Waals surface area contributed by atoms with Crippen LogP contribution in [0.15, 0.2) is 27.1 Å². The molecule has 0 saturated heterocycles. The van der Waals surface area contributed by atoms with E-state index in [2.05, 4.69) is 37.2 Å². The van der Waals surface area contributed by atoms with E-state index in [1.54, 1.807) is 0 Å². The van der Waals surface area contributed by atoms with Crippen molar-refractivity contribution in [2.45, 2.75) is 37.1 Å². The monoisotopic (exact) mass is 393 g/mol. The molecule has 1 aromatic rings. The summed E-state index contributed by atoms with van der Waals surface area (Å²) in [5.74, 6) is -0.0209. The van der Waals surface area contributed by atoms with Crippen LogP contribution in [-0.4, -0.2) is 17.3 Å². The van der Waals surface area contributed by atoms with Gasteiger partial charge in [-0.1, -0.05) is 15.9 Å². The Balaban J connectivity index is 1.99. The molecule has 0 atom stereocenters. The summed E-state index contributed by atoms with van der Waals surface area (Å²) in [6.07, 6.45) is 3.89. The zero-order chi connectivity index (χ0) is 13.1. The van der Waals surface area contributed by atoms with Gasteiger partial charge in [-0.25, -0.2) is 0 Å². The first-order valence-electron chi connectivity index (χ1n) is 5.96. The predicted octanol–water partition coefficient (Wildman–Crippen LogP) is 4.49. The van der Waals surface area contributed by atoms with Gasteiger partial charge in [0.05, 0.1) is 5.56 Å². The summed E-state index contributed by atoms with van der Waals surface area (Å²) in [5.41, 5.74) is 0.672. The van der Waals surface area contributed by atoms with Crippen LogP contribution in [0, 0.1) is 0 Å². The molecule has 98 valence electrons. The van der Waals surface area contributed by atoms with Crippen molar-refractivity contribution in [3.8, 4) is 0 Å². The van der Waals surface area contributed by atoms with Gasteiger partial charge in [-0.2, -0.15) is 0 Å². The Bertz CT molecular complexity index is 445. The average molecular weight is 396 g/mol. The molecule has 1 aliphatic carbocycles. The minimum absolute atomic E-state index is 0.0209. The number of amides is 1. The molecule has 2 rings (SSSR count). The molecular weight excluding hydrogens is 381 g/mol. The Morgan fingerprint density at radius 3 is 2.50 bits per heavy atom. The Morgan fingerprint density at radius 2 is 1.89 bits per heavy atom. The largest absolute Gasteiger partial charge is 0.349 e. The van der Waals surface area contributed by atoms with Crippen molar-refractivity contribution in [1.82, 2.24) is 5.32 Å². The third-order valence-corrected chi connectivity index (χ3v) is 4.75. The second-order valence-corrected chi connectivity index (χ2v) is 6.93. The molecule has 1 aromatic carbocycles. The smallest absolute Gasteiger partial charge is 0.252 e. The van der Waals surface area contributed by atoms with E-state index in [0.29, 0.717) is 5.56 Å². The highest BCUT2D eigenvalue weighted by Gasteiger charge is 2.22. The standard InChI is InChI=1S/C13H14Br2ClNO/c14-8-1-6-11(12(15)7-8)13(18)17-10-4-2-9(16)3-5-10/h1,6-7,9-10H,2-5H2,(H,17,18). The van der Waals surface area contributed by atoms with E-state index in [0.717, 1.165) is 34.6 Å². The van der Waals surface area contributed by atoms with Gasteiger partial charge < -0.3 is 5.32 Å². The van der Waals surface area contributed by atoms with Gasteiger partial charge in [-0.15, -0.1) is 11.6 Å². The van der Waals surface area contributed by atoms with Crippen LogP contribution in [0.5, 0.6) is 0 Å². The molecule has 0 heterocycles. The molecular formula is C13H14Br2ClNO. The second kappa shape index (κ2) is 6.40. The van der Waals surface area contributed by atoms with E-state index in [1.807, 2.05) is 18.2 Å². The lowest BCUT2D eigenvalue weighted by Crippen LogP contribution is -2.37. The van der Waals surface area contributed by atoms with E-state index in [1.165, 1.54) is 0 Å². The van der Waals surface area contributed by atoms with Gasteiger partial charge in [0.15, 0.2) is 0 Å². The van der Waals surface area contributed by atoms with Gasteiger partial charge in [-0.3, -0.25) is 4.79 Å². The lowest BCUT2D eigenvalue weighted by molar-refractivity contribution is 0.0927. The first-order chi connectivity index (χ1) is 8.56. The molecule has 2 nitrogen and oxygen atoms in total. The fourth-order valence-electron chi connectivity index (χ4n) is 2.13. The molecule has 1 fully saturated rings. The third kappa shape index (κ3) is 3.72. The van der Waals surface area contributed by atoms with Crippen LogP contribution < -0.4 is 5.32 Å². The Kier molecular flexibility index (Phi) is 5.10. The number of rotatable bonds is 2. The topological polar surface area (TPSA) is 29.1 Å². The molecule has 1 amide bonds. The van der Waals surface area contributed by atoms with Crippen molar-refractivity contribution in [2.24, 2.45) is 0 Å². The lowest BCUT2D eigenvalue weighted by atomic mass is 9.95. The van der Waals surface area contributed by atoms with Gasteiger partial charge in [-0.05, 0) is 59.8 Å². The van der Waals surface area contributed by atoms with E-state index >= 15 is 0 Å².